The fraction of sp³-hybridized carbons (Fsp3) is 0.467. The highest BCUT2D eigenvalue weighted by molar-refractivity contribution is 7.83. The van der Waals surface area contributed by atoms with Crippen LogP contribution >= 0.6 is 25.3 Å². The predicted molar refractivity (Wildman–Crippen MR) is 92.5 cm³/mol. The lowest BCUT2D eigenvalue weighted by Crippen LogP contribution is -2.14. The maximum absolute atomic E-state index is 6.23. The summed E-state index contributed by atoms with van der Waals surface area (Å²) in [4.78, 5) is 7.52. The first-order valence-corrected chi connectivity index (χ1v) is 7.82. The van der Waals surface area contributed by atoms with E-state index in [0.717, 1.165) is 28.4 Å². The van der Waals surface area contributed by atoms with E-state index in [4.69, 9.17) is 7.85 Å². The summed E-state index contributed by atoms with van der Waals surface area (Å²) < 4.78 is 0. The van der Waals surface area contributed by atoms with Crippen molar-refractivity contribution in [2.75, 3.05) is 20.1 Å². The van der Waals surface area contributed by atoms with Crippen molar-refractivity contribution in [3.05, 3.63) is 16.8 Å². The monoisotopic (exact) mass is 302 g/mol. The molecule has 2 heterocycles. The molecule has 0 aliphatic carbocycles. The van der Waals surface area contributed by atoms with Gasteiger partial charge in [-0.1, -0.05) is 5.46 Å². The number of aryl methyl sites for hydroxylation is 2. The molecule has 0 saturated carbocycles. The van der Waals surface area contributed by atoms with Gasteiger partial charge in [0.2, 0.25) is 0 Å². The van der Waals surface area contributed by atoms with Gasteiger partial charge in [-0.2, -0.15) is 0 Å². The van der Waals surface area contributed by atoms with Gasteiger partial charge in [0.1, 0.15) is 7.85 Å². The second kappa shape index (κ2) is 5.04. The normalized spacial score (nSPS) is 20.1. The van der Waals surface area contributed by atoms with Gasteiger partial charge in [0.05, 0.1) is 0 Å². The van der Waals surface area contributed by atoms with Crippen molar-refractivity contribution in [2.24, 2.45) is 0 Å². The minimum absolute atomic E-state index is 0.574. The molecule has 2 radical (unpaired) electrons. The van der Waals surface area contributed by atoms with Gasteiger partial charge in [0.15, 0.2) is 0 Å². The lowest BCUT2D eigenvalue weighted by atomic mass is 9.88. The van der Waals surface area contributed by atoms with Crippen LogP contribution < -0.4 is 5.46 Å². The molecule has 3 rings (SSSR count). The van der Waals surface area contributed by atoms with E-state index in [0.29, 0.717) is 11.4 Å². The number of H-pyrrole nitrogens is 1. The van der Waals surface area contributed by atoms with Crippen LogP contribution in [0.5, 0.6) is 0 Å². The first-order chi connectivity index (χ1) is 9.41. The molecule has 1 saturated heterocycles. The van der Waals surface area contributed by atoms with Crippen molar-refractivity contribution in [1.29, 1.82) is 0 Å². The minimum atomic E-state index is 0.574. The summed E-state index contributed by atoms with van der Waals surface area (Å²) in [6, 6.07) is 0. The average molecular weight is 302 g/mol. The number of likely N-dealkylation sites (N-methyl/N-ethyl adjacent to an activating group) is 1. The molecule has 5 heteroatoms. The third-order valence-corrected chi connectivity index (χ3v) is 5.71. The Morgan fingerprint density at radius 3 is 2.55 bits per heavy atom. The summed E-state index contributed by atoms with van der Waals surface area (Å²) in [6.45, 7) is 6.52. The number of nitrogens with zero attached hydrogens (tertiary/aromatic N) is 1. The number of thiol groups is 2. The summed E-state index contributed by atoms with van der Waals surface area (Å²) in [5.74, 6) is 0.574. The number of hydrogen-bond donors (Lipinski definition) is 3. The standard InChI is InChI=1S/C15H19BN2S2/c1-7-10-11(9-4-5-18(3)6-9)8(2)17-13(10)12(16)15(20)14(7)19/h9,17,19-20H,4-6H2,1-3H3/t9-/m0/s1. The van der Waals surface area contributed by atoms with E-state index in [2.05, 4.69) is 56.0 Å². The van der Waals surface area contributed by atoms with Crippen LogP contribution in [0.2, 0.25) is 0 Å². The number of benzene rings is 1. The first-order valence-electron chi connectivity index (χ1n) is 6.92. The summed E-state index contributed by atoms with van der Waals surface area (Å²) in [6.07, 6.45) is 1.20. The molecule has 2 nitrogen and oxygen atoms in total. The molecule has 1 aromatic carbocycles. The lowest BCUT2D eigenvalue weighted by Gasteiger charge is -2.15. The van der Waals surface area contributed by atoms with Crippen molar-refractivity contribution in [3.63, 3.8) is 0 Å². The van der Waals surface area contributed by atoms with Crippen LogP contribution in [-0.4, -0.2) is 37.9 Å². The predicted octanol–water partition coefficient (Wildman–Crippen LogP) is 2.58. The third kappa shape index (κ3) is 2.02. The van der Waals surface area contributed by atoms with E-state index in [1.165, 1.54) is 28.6 Å². The largest absolute Gasteiger partial charge is 0.359 e. The SMILES string of the molecule is [B]c1c(S)c(S)c(C)c2c([C@H]3CCN(C)C3)c(C)[nH]c12. The summed E-state index contributed by atoms with van der Waals surface area (Å²) in [5, 5.41) is 1.25. The number of rotatable bonds is 1. The average Bonchev–Trinajstić information content (AvgIpc) is 2.97. The number of likely N-dealkylation sites (tertiary alicyclic amines) is 1. The Labute approximate surface area is 132 Å². The van der Waals surface area contributed by atoms with Gasteiger partial charge < -0.3 is 9.88 Å². The van der Waals surface area contributed by atoms with Gasteiger partial charge in [-0.15, -0.1) is 25.3 Å². The Bertz CT molecular complexity index is 693. The molecule has 0 amide bonds. The number of nitrogens with one attached hydrogen (secondary N) is 1. The van der Waals surface area contributed by atoms with Gasteiger partial charge in [0, 0.05) is 38.9 Å². The van der Waals surface area contributed by atoms with E-state index >= 15 is 0 Å². The van der Waals surface area contributed by atoms with Crippen LogP contribution in [0.15, 0.2) is 9.79 Å². The van der Waals surface area contributed by atoms with Crippen LogP contribution in [-0.2, 0) is 0 Å². The van der Waals surface area contributed by atoms with Crippen molar-refractivity contribution < 1.29 is 0 Å². The highest BCUT2D eigenvalue weighted by Crippen LogP contribution is 2.38. The Morgan fingerprint density at radius 2 is 1.95 bits per heavy atom. The molecule has 1 atom stereocenters. The molecular formula is C15H19BN2S2. The third-order valence-electron chi connectivity index (χ3n) is 4.51. The molecule has 0 unspecified atom stereocenters. The second-order valence-corrected chi connectivity index (χ2v) is 6.79. The molecule has 1 aliphatic rings. The fourth-order valence-corrected chi connectivity index (χ4v) is 3.97. The Morgan fingerprint density at radius 1 is 1.25 bits per heavy atom. The van der Waals surface area contributed by atoms with E-state index in [-0.39, 0.29) is 0 Å². The molecule has 104 valence electrons. The molecular weight excluding hydrogens is 283 g/mol. The number of aromatic nitrogens is 1. The van der Waals surface area contributed by atoms with Gasteiger partial charge in [-0.05, 0) is 45.0 Å². The van der Waals surface area contributed by atoms with E-state index in [1.54, 1.807) is 0 Å². The van der Waals surface area contributed by atoms with Gasteiger partial charge in [0.25, 0.3) is 0 Å². The highest BCUT2D eigenvalue weighted by Gasteiger charge is 2.27. The van der Waals surface area contributed by atoms with Crippen molar-refractivity contribution in [2.45, 2.75) is 36.0 Å². The molecule has 20 heavy (non-hydrogen) atoms. The number of fused-ring (bicyclic) bond motifs is 1. The van der Waals surface area contributed by atoms with Gasteiger partial charge in [-0.25, -0.2) is 0 Å². The molecule has 1 N–H and O–H groups in total. The second-order valence-electron chi connectivity index (χ2n) is 5.90. The van der Waals surface area contributed by atoms with Crippen molar-refractivity contribution in [1.82, 2.24) is 9.88 Å². The fourth-order valence-electron chi connectivity index (χ4n) is 3.45. The van der Waals surface area contributed by atoms with Crippen LogP contribution in [0.1, 0.15) is 29.2 Å². The molecule has 1 fully saturated rings. The first kappa shape index (κ1) is 14.4. The zero-order chi connectivity index (χ0) is 14.6. The lowest BCUT2D eigenvalue weighted by molar-refractivity contribution is 0.411. The Balaban J connectivity index is 2.30. The summed E-state index contributed by atoms with van der Waals surface area (Å²) in [5.41, 5.74) is 5.54. The maximum Gasteiger partial charge on any atom is 0.118 e. The van der Waals surface area contributed by atoms with Crippen LogP contribution in [0.25, 0.3) is 10.9 Å². The maximum atomic E-state index is 6.23. The molecule has 1 aromatic heterocycles. The zero-order valence-corrected chi connectivity index (χ0v) is 13.9. The smallest absolute Gasteiger partial charge is 0.118 e. The topological polar surface area (TPSA) is 19.0 Å². The number of hydrogen-bond acceptors (Lipinski definition) is 3. The Hall–Kier alpha value is -0.515. The van der Waals surface area contributed by atoms with Crippen LogP contribution in [0.3, 0.4) is 0 Å². The van der Waals surface area contributed by atoms with Crippen molar-refractivity contribution >= 4 is 49.5 Å². The quantitative estimate of drug-likeness (QED) is 0.546. The van der Waals surface area contributed by atoms with E-state index in [1.807, 2.05) is 0 Å². The Kier molecular flexibility index (Phi) is 3.63. The number of aromatic amines is 1. The van der Waals surface area contributed by atoms with Gasteiger partial charge >= 0.3 is 0 Å². The van der Waals surface area contributed by atoms with Gasteiger partial charge in [-0.3, -0.25) is 0 Å². The zero-order valence-electron chi connectivity index (χ0n) is 12.1. The molecule has 1 aliphatic heterocycles. The molecule has 0 bridgehead atoms. The highest BCUT2D eigenvalue weighted by atomic mass is 32.1. The van der Waals surface area contributed by atoms with E-state index < -0.39 is 0 Å². The molecule has 0 spiro atoms. The van der Waals surface area contributed by atoms with E-state index in [9.17, 15) is 0 Å². The van der Waals surface area contributed by atoms with Crippen LogP contribution in [0, 0.1) is 13.8 Å². The molecule has 2 aromatic rings. The minimum Gasteiger partial charge on any atom is -0.359 e. The summed E-state index contributed by atoms with van der Waals surface area (Å²) in [7, 11) is 8.41. The summed E-state index contributed by atoms with van der Waals surface area (Å²) >= 11 is 9.09. The van der Waals surface area contributed by atoms with Crippen molar-refractivity contribution in [3.8, 4) is 0 Å². The van der Waals surface area contributed by atoms with Crippen LogP contribution in [0.4, 0.5) is 0 Å².